The zero-order chi connectivity index (χ0) is 18.4. The number of halogens is 1. The van der Waals surface area contributed by atoms with Crippen molar-refractivity contribution in [1.29, 1.82) is 0 Å². The van der Waals surface area contributed by atoms with Crippen LogP contribution in [0.15, 0.2) is 64.5 Å². The minimum Gasteiger partial charge on any atom is -0.386 e. The standard InChI is InChI=1S/C20H23N3OS2.HI/c1-21-20(22-12-14-7-9-16(25-2)10-8-14)23-13-17(24)19-11-15-5-3-4-6-18(15)26-19;/h3-11,17,24H,12-13H2,1-2H3,(H2,21,22,23);1H. The molecule has 3 rings (SSSR count). The van der Waals surface area contributed by atoms with E-state index in [1.54, 1.807) is 30.1 Å². The number of aliphatic hydroxyl groups excluding tert-OH is 1. The lowest BCUT2D eigenvalue weighted by molar-refractivity contribution is 0.184. The lowest BCUT2D eigenvalue weighted by Gasteiger charge is -2.14. The fraction of sp³-hybridized carbons (Fsp3) is 0.250. The highest BCUT2D eigenvalue weighted by Crippen LogP contribution is 2.29. The SMILES string of the molecule is CN=C(NCc1ccc(SC)cc1)NCC(O)c1cc2ccccc2s1.I. The molecule has 3 aromatic rings. The van der Waals surface area contributed by atoms with E-state index in [0.717, 1.165) is 4.88 Å². The van der Waals surface area contributed by atoms with Crippen LogP contribution in [0.2, 0.25) is 0 Å². The van der Waals surface area contributed by atoms with E-state index >= 15 is 0 Å². The summed E-state index contributed by atoms with van der Waals surface area (Å²) in [5, 5.41) is 18.1. The van der Waals surface area contributed by atoms with E-state index in [9.17, 15) is 5.11 Å². The van der Waals surface area contributed by atoms with Crippen LogP contribution in [-0.2, 0) is 6.54 Å². The van der Waals surface area contributed by atoms with Gasteiger partial charge in [-0.25, -0.2) is 0 Å². The average Bonchev–Trinajstić information content (AvgIpc) is 3.12. The molecule has 4 nitrogen and oxygen atoms in total. The molecule has 1 aromatic heterocycles. The van der Waals surface area contributed by atoms with Crippen LogP contribution in [0.3, 0.4) is 0 Å². The third-order valence-electron chi connectivity index (χ3n) is 4.08. The Morgan fingerprint density at radius 1 is 1.15 bits per heavy atom. The first-order valence-electron chi connectivity index (χ1n) is 8.43. The van der Waals surface area contributed by atoms with E-state index in [1.165, 1.54) is 20.5 Å². The third-order valence-corrected chi connectivity index (χ3v) is 6.04. The van der Waals surface area contributed by atoms with E-state index in [4.69, 9.17) is 0 Å². The number of benzene rings is 2. The molecule has 1 heterocycles. The van der Waals surface area contributed by atoms with Gasteiger partial charge in [0.15, 0.2) is 5.96 Å². The fourth-order valence-corrected chi connectivity index (χ4v) is 4.07. The molecule has 7 heteroatoms. The normalized spacial score (nSPS) is 12.5. The van der Waals surface area contributed by atoms with Crippen molar-refractivity contribution < 1.29 is 5.11 Å². The van der Waals surface area contributed by atoms with Crippen LogP contribution in [0.25, 0.3) is 10.1 Å². The summed E-state index contributed by atoms with van der Waals surface area (Å²) in [7, 11) is 1.73. The zero-order valence-electron chi connectivity index (χ0n) is 15.3. The summed E-state index contributed by atoms with van der Waals surface area (Å²) in [5.74, 6) is 0.680. The largest absolute Gasteiger partial charge is 0.386 e. The number of nitrogens with one attached hydrogen (secondary N) is 2. The zero-order valence-corrected chi connectivity index (χ0v) is 19.3. The number of hydrogen-bond acceptors (Lipinski definition) is 4. The number of aliphatic imine (C=N–C) groups is 1. The predicted octanol–water partition coefficient (Wildman–Crippen LogP) is 4.64. The molecule has 27 heavy (non-hydrogen) atoms. The Balaban J connectivity index is 0.00000261. The summed E-state index contributed by atoms with van der Waals surface area (Å²) in [5.41, 5.74) is 1.19. The van der Waals surface area contributed by atoms with Gasteiger partial charge in [-0.15, -0.1) is 47.1 Å². The summed E-state index contributed by atoms with van der Waals surface area (Å²) in [6.07, 6.45) is 1.51. The molecule has 144 valence electrons. The molecule has 0 bridgehead atoms. The van der Waals surface area contributed by atoms with E-state index in [-0.39, 0.29) is 24.0 Å². The van der Waals surface area contributed by atoms with Crippen molar-refractivity contribution >= 4 is 63.1 Å². The smallest absolute Gasteiger partial charge is 0.191 e. The Kier molecular flexibility index (Phi) is 8.88. The molecule has 0 saturated heterocycles. The molecule has 0 saturated carbocycles. The maximum Gasteiger partial charge on any atom is 0.191 e. The van der Waals surface area contributed by atoms with Crippen molar-refractivity contribution in [2.75, 3.05) is 19.8 Å². The van der Waals surface area contributed by atoms with Gasteiger partial charge in [0.1, 0.15) is 6.10 Å². The first kappa shape index (κ1) is 22.0. The maximum atomic E-state index is 10.5. The minimum atomic E-state index is -0.563. The molecule has 3 N–H and O–H groups in total. The van der Waals surface area contributed by atoms with Crippen LogP contribution < -0.4 is 10.6 Å². The summed E-state index contributed by atoms with van der Waals surface area (Å²) in [6, 6.07) is 18.7. The number of fused-ring (bicyclic) bond motifs is 1. The van der Waals surface area contributed by atoms with E-state index < -0.39 is 6.10 Å². The Bertz CT molecular complexity index is 847. The van der Waals surface area contributed by atoms with Gasteiger partial charge >= 0.3 is 0 Å². The molecule has 1 atom stereocenters. The molecule has 0 aliphatic rings. The first-order valence-corrected chi connectivity index (χ1v) is 10.5. The highest BCUT2D eigenvalue weighted by molar-refractivity contribution is 14.0. The number of thiophene rings is 1. The van der Waals surface area contributed by atoms with Crippen molar-refractivity contribution in [2.45, 2.75) is 17.5 Å². The molecular weight excluding hydrogens is 489 g/mol. The van der Waals surface area contributed by atoms with Crippen molar-refractivity contribution in [2.24, 2.45) is 4.99 Å². The highest BCUT2D eigenvalue weighted by Gasteiger charge is 2.12. The molecule has 0 radical (unpaired) electrons. The topological polar surface area (TPSA) is 56.7 Å². The maximum absolute atomic E-state index is 10.5. The van der Waals surface area contributed by atoms with Gasteiger partial charge in [-0.3, -0.25) is 4.99 Å². The summed E-state index contributed by atoms with van der Waals surface area (Å²) in [6.45, 7) is 1.10. The van der Waals surface area contributed by atoms with Gasteiger partial charge < -0.3 is 15.7 Å². The van der Waals surface area contributed by atoms with E-state index in [0.29, 0.717) is 19.0 Å². The van der Waals surface area contributed by atoms with Gasteiger partial charge in [-0.2, -0.15) is 0 Å². The number of hydrogen-bond donors (Lipinski definition) is 3. The number of thioether (sulfide) groups is 1. The van der Waals surface area contributed by atoms with E-state index in [2.05, 4.69) is 64.3 Å². The van der Waals surface area contributed by atoms with Gasteiger partial charge in [0, 0.05) is 34.6 Å². The molecule has 0 fully saturated rings. The quantitative estimate of drug-likeness (QED) is 0.195. The lowest BCUT2D eigenvalue weighted by Crippen LogP contribution is -2.38. The van der Waals surface area contributed by atoms with Crippen LogP contribution in [0.1, 0.15) is 16.5 Å². The van der Waals surface area contributed by atoms with Crippen LogP contribution in [0, 0.1) is 0 Å². The minimum absolute atomic E-state index is 0. The van der Waals surface area contributed by atoms with Crippen LogP contribution in [-0.4, -0.2) is 30.9 Å². The Labute approximate surface area is 185 Å². The molecule has 0 spiro atoms. The molecule has 0 aliphatic heterocycles. The van der Waals surface area contributed by atoms with Crippen molar-refractivity contribution in [3.63, 3.8) is 0 Å². The van der Waals surface area contributed by atoms with Gasteiger partial charge in [-0.05, 0) is 41.5 Å². The van der Waals surface area contributed by atoms with Gasteiger partial charge in [0.05, 0.1) is 0 Å². The molecule has 0 amide bonds. The van der Waals surface area contributed by atoms with Crippen molar-refractivity contribution in [3.05, 3.63) is 65.0 Å². The Hall–Kier alpha value is -1.29. The lowest BCUT2D eigenvalue weighted by atomic mass is 10.2. The van der Waals surface area contributed by atoms with Crippen LogP contribution >= 0.6 is 47.1 Å². The Morgan fingerprint density at radius 3 is 2.56 bits per heavy atom. The predicted molar refractivity (Wildman–Crippen MR) is 129 cm³/mol. The first-order chi connectivity index (χ1) is 12.7. The number of aliphatic hydroxyl groups is 1. The van der Waals surface area contributed by atoms with E-state index in [1.807, 2.05) is 12.1 Å². The second-order valence-electron chi connectivity index (χ2n) is 5.86. The molecule has 2 aromatic carbocycles. The highest BCUT2D eigenvalue weighted by atomic mass is 127. The number of nitrogens with zero attached hydrogens (tertiary/aromatic N) is 1. The van der Waals surface area contributed by atoms with Crippen molar-refractivity contribution in [1.82, 2.24) is 10.6 Å². The molecule has 1 unspecified atom stereocenters. The molecular formula is C20H24IN3OS2. The average molecular weight is 513 g/mol. The van der Waals surface area contributed by atoms with Gasteiger partial charge in [0.25, 0.3) is 0 Å². The summed E-state index contributed by atoms with van der Waals surface area (Å²) in [4.78, 5) is 6.44. The monoisotopic (exact) mass is 513 g/mol. The van der Waals surface area contributed by atoms with Crippen LogP contribution in [0.5, 0.6) is 0 Å². The number of guanidine groups is 1. The van der Waals surface area contributed by atoms with Gasteiger partial charge in [0.2, 0.25) is 0 Å². The second-order valence-corrected chi connectivity index (χ2v) is 7.85. The number of rotatable bonds is 6. The summed E-state index contributed by atoms with van der Waals surface area (Å²) < 4.78 is 1.19. The Morgan fingerprint density at radius 2 is 1.89 bits per heavy atom. The third kappa shape index (κ3) is 6.10. The fourth-order valence-electron chi connectivity index (χ4n) is 2.61. The summed E-state index contributed by atoms with van der Waals surface area (Å²) >= 11 is 3.36. The van der Waals surface area contributed by atoms with Gasteiger partial charge in [-0.1, -0.05) is 30.3 Å². The molecule has 0 aliphatic carbocycles. The van der Waals surface area contributed by atoms with Crippen molar-refractivity contribution in [3.8, 4) is 0 Å². The second kappa shape index (κ2) is 10.9. The van der Waals surface area contributed by atoms with Crippen LogP contribution in [0.4, 0.5) is 0 Å².